The first kappa shape index (κ1) is 20.2. The van der Waals surface area contributed by atoms with E-state index in [0.717, 1.165) is 5.56 Å². The van der Waals surface area contributed by atoms with Gasteiger partial charge in [0.1, 0.15) is 18.1 Å². The van der Waals surface area contributed by atoms with E-state index in [-0.39, 0.29) is 16.8 Å². The number of halogens is 1. The Hall–Kier alpha value is -3.09. The highest BCUT2D eigenvalue weighted by atomic mass is 35.5. The second-order valence-corrected chi connectivity index (χ2v) is 7.31. The Balaban J connectivity index is 1.89. The molecule has 1 atom stereocenters. The van der Waals surface area contributed by atoms with Gasteiger partial charge in [-0.2, -0.15) is 0 Å². The highest BCUT2D eigenvalue weighted by Gasteiger charge is 2.29. The largest absolute Gasteiger partial charge is 0.489 e. The van der Waals surface area contributed by atoms with E-state index in [1.54, 1.807) is 30.0 Å². The summed E-state index contributed by atoms with van der Waals surface area (Å²) in [7, 11) is 1.59. The molecule has 0 radical (unpaired) electrons. The predicted molar refractivity (Wildman–Crippen MR) is 114 cm³/mol. The second kappa shape index (κ2) is 8.34. The van der Waals surface area contributed by atoms with Crippen LogP contribution in [0.3, 0.4) is 0 Å². The molecule has 4 rings (SSSR count). The van der Waals surface area contributed by atoms with E-state index in [0.29, 0.717) is 41.0 Å². The van der Waals surface area contributed by atoms with E-state index in [1.807, 2.05) is 30.3 Å². The van der Waals surface area contributed by atoms with Gasteiger partial charge in [-0.15, -0.1) is 0 Å². The number of hydrogen-bond acceptors (Lipinski definition) is 5. The monoisotopic (exact) mass is 425 g/mol. The van der Waals surface area contributed by atoms with E-state index in [4.69, 9.17) is 25.8 Å². The van der Waals surface area contributed by atoms with Crippen LogP contribution in [0.1, 0.15) is 29.1 Å². The molecule has 7 heteroatoms. The number of ketones is 1. The Kier molecular flexibility index (Phi) is 5.61. The summed E-state index contributed by atoms with van der Waals surface area (Å²) in [5.41, 5.74) is 1.91. The van der Waals surface area contributed by atoms with Gasteiger partial charge in [0.2, 0.25) is 6.23 Å². The van der Waals surface area contributed by atoms with Crippen LogP contribution in [0.15, 0.2) is 59.5 Å². The average molecular weight is 426 g/mol. The molecule has 1 aliphatic heterocycles. The predicted octanol–water partition coefficient (Wildman–Crippen LogP) is 4.34. The van der Waals surface area contributed by atoms with Crippen LogP contribution in [0.25, 0.3) is 11.3 Å². The highest BCUT2D eigenvalue weighted by molar-refractivity contribution is 6.32. The third-order valence-corrected chi connectivity index (χ3v) is 5.19. The molecular formula is C23H20ClNO5. The zero-order valence-electron chi connectivity index (χ0n) is 16.6. The van der Waals surface area contributed by atoms with Crippen LogP contribution >= 0.6 is 11.6 Å². The Morgan fingerprint density at radius 2 is 1.93 bits per heavy atom. The van der Waals surface area contributed by atoms with E-state index < -0.39 is 6.23 Å². The van der Waals surface area contributed by atoms with Crippen molar-refractivity contribution in [3.8, 4) is 22.8 Å². The average Bonchev–Trinajstić information content (AvgIpc) is 2.74. The molecule has 6 nitrogen and oxygen atoms in total. The second-order valence-electron chi connectivity index (χ2n) is 6.90. The van der Waals surface area contributed by atoms with Gasteiger partial charge in [-0.1, -0.05) is 41.9 Å². The van der Waals surface area contributed by atoms with Gasteiger partial charge in [0.25, 0.3) is 0 Å². The number of benzene rings is 2. The molecule has 0 saturated heterocycles. The van der Waals surface area contributed by atoms with Crippen molar-refractivity contribution in [3.05, 3.63) is 81.1 Å². The minimum Gasteiger partial charge on any atom is -0.489 e. The van der Waals surface area contributed by atoms with Crippen LogP contribution in [0.2, 0.25) is 5.02 Å². The molecule has 1 aromatic heterocycles. The summed E-state index contributed by atoms with van der Waals surface area (Å²) in [6, 6.07) is 14.5. The summed E-state index contributed by atoms with van der Waals surface area (Å²) in [6.07, 6.45) is 0.998. The van der Waals surface area contributed by atoms with Crippen molar-refractivity contribution in [3.63, 3.8) is 0 Å². The van der Waals surface area contributed by atoms with Crippen molar-refractivity contribution < 1.29 is 19.0 Å². The number of methoxy groups -OCH3 is 1. The van der Waals surface area contributed by atoms with Crippen molar-refractivity contribution in [2.45, 2.75) is 13.2 Å². The SMILES string of the molecule is COCCOc1cc2c(cc1Cl)-c1cc(=O)c(C(C)=O)cn1C(c1ccccc1)O2. The quantitative estimate of drug-likeness (QED) is 0.434. The molecule has 30 heavy (non-hydrogen) atoms. The molecule has 0 amide bonds. The summed E-state index contributed by atoms with van der Waals surface area (Å²) in [5.74, 6) is 0.707. The summed E-state index contributed by atoms with van der Waals surface area (Å²) in [4.78, 5) is 24.5. The topological polar surface area (TPSA) is 66.8 Å². The van der Waals surface area contributed by atoms with Crippen molar-refractivity contribution in [2.75, 3.05) is 20.3 Å². The van der Waals surface area contributed by atoms with Crippen LogP contribution in [0.4, 0.5) is 0 Å². The molecule has 0 bridgehead atoms. The lowest BCUT2D eigenvalue weighted by atomic mass is 10.0. The number of nitrogens with zero attached hydrogens (tertiary/aromatic N) is 1. The molecule has 0 saturated carbocycles. The Morgan fingerprint density at radius 3 is 2.63 bits per heavy atom. The zero-order valence-corrected chi connectivity index (χ0v) is 17.3. The first-order valence-corrected chi connectivity index (χ1v) is 9.81. The number of Topliss-reactive ketones (excluding diaryl/α,β-unsaturated/α-hetero) is 1. The number of ether oxygens (including phenoxy) is 3. The van der Waals surface area contributed by atoms with Crippen molar-refractivity contribution in [1.29, 1.82) is 0 Å². The van der Waals surface area contributed by atoms with E-state index in [9.17, 15) is 9.59 Å². The zero-order chi connectivity index (χ0) is 21.3. The lowest BCUT2D eigenvalue weighted by Gasteiger charge is -2.32. The Bertz CT molecular complexity index is 1160. The molecule has 2 heterocycles. The maximum Gasteiger partial charge on any atom is 0.202 e. The molecule has 1 aliphatic rings. The van der Waals surface area contributed by atoms with Gasteiger partial charge in [0.05, 0.1) is 22.9 Å². The Morgan fingerprint density at radius 1 is 1.17 bits per heavy atom. The third kappa shape index (κ3) is 3.72. The fraction of sp³-hybridized carbons (Fsp3) is 0.217. The number of rotatable bonds is 6. The van der Waals surface area contributed by atoms with Gasteiger partial charge in [0, 0.05) is 36.6 Å². The maximum atomic E-state index is 12.6. The van der Waals surface area contributed by atoms with Crippen LogP contribution in [-0.2, 0) is 4.74 Å². The molecule has 2 aromatic carbocycles. The van der Waals surface area contributed by atoms with Gasteiger partial charge < -0.3 is 18.8 Å². The van der Waals surface area contributed by atoms with Crippen LogP contribution < -0.4 is 14.9 Å². The molecular weight excluding hydrogens is 406 g/mol. The molecule has 0 spiro atoms. The summed E-state index contributed by atoms with van der Waals surface area (Å²) in [6.45, 7) is 2.14. The number of carbonyl (C=O) groups is 1. The number of carbonyl (C=O) groups excluding carboxylic acids is 1. The summed E-state index contributed by atoms with van der Waals surface area (Å²) < 4.78 is 18.8. The van der Waals surface area contributed by atoms with Gasteiger partial charge in [-0.25, -0.2) is 0 Å². The first-order valence-electron chi connectivity index (χ1n) is 9.44. The molecule has 3 aromatic rings. The lowest BCUT2D eigenvalue weighted by molar-refractivity contribution is 0.101. The van der Waals surface area contributed by atoms with Crippen molar-refractivity contribution in [2.24, 2.45) is 0 Å². The highest BCUT2D eigenvalue weighted by Crippen LogP contribution is 2.44. The molecule has 1 unspecified atom stereocenters. The molecule has 0 fully saturated rings. The van der Waals surface area contributed by atoms with Crippen LogP contribution in [0, 0.1) is 0 Å². The minimum atomic E-state index is -0.555. The van der Waals surface area contributed by atoms with Gasteiger partial charge >= 0.3 is 0 Å². The number of aromatic nitrogens is 1. The van der Waals surface area contributed by atoms with Gasteiger partial charge in [-0.3, -0.25) is 9.59 Å². The minimum absolute atomic E-state index is 0.109. The smallest absolute Gasteiger partial charge is 0.202 e. The number of hydrogen-bond donors (Lipinski definition) is 0. The number of fused-ring (bicyclic) bond motifs is 3. The lowest BCUT2D eigenvalue weighted by Crippen LogP contribution is -2.27. The molecule has 0 aliphatic carbocycles. The number of pyridine rings is 1. The molecule has 0 N–H and O–H groups in total. The first-order chi connectivity index (χ1) is 14.5. The standard InChI is InChI=1S/C23H20ClNO5/c1-14(26)17-13-25-19(11-20(17)27)16-10-18(24)22(29-9-8-28-2)12-21(16)30-23(25)15-6-4-3-5-7-15/h3-7,10-13,23H,8-9H2,1-2H3. The van der Waals surface area contributed by atoms with E-state index >= 15 is 0 Å². The van der Waals surface area contributed by atoms with Gasteiger partial charge in [0.15, 0.2) is 11.2 Å². The van der Waals surface area contributed by atoms with E-state index in [2.05, 4.69) is 0 Å². The fourth-order valence-electron chi connectivity index (χ4n) is 3.43. The third-order valence-electron chi connectivity index (χ3n) is 4.89. The normalized spacial score (nSPS) is 14.4. The van der Waals surface area contributed by atoms with Crippen molar-refractivity contribution >= 4 is 17.4 Å². The Labute approximate surface area is 178 Å². The van der Waals surface area contributed by atoms with Crippen molar-refractivity contribution in [1.82, 2.24) is 4.57 Å². The summed E-state index contributed by atoms with van der Waals surface area (Å²) >= 11 is 6.42. The fourth-order valence-corrected chi connectivity index (χ4v) is 3.64. The molecule has 154 valence electrons. The maximum absolute atomic E-state index is 12.6. The van der Waals surface area contributed by atoms with Gasteiger partial charge in [-0.05, 0) is 13.0 Å². The van der Waals surface area contributed by atoms with Crippen LogP contribution in [0.5, 0.6) is 11.5 Å². The summed E-state index contributed by atoms with van der Waals surface area (Å²) in [5, 5.41) is 0.390. The van der Waals surface area contributed by atoms with E-state index in [1.165, 1.54) is 13.0 Å². The van der Waals surface area contributed by atoms with Crippen LogP contribution in [-0.4, -0.2) is 30.7 Å².